The molecule has 0 radical (unpaired) electrons. The Morgan fingerprint density at radius 2 is 1.63 bits per heavy atom. The van der Waals surface area contributed by atoms with E-state index in [-0.39, 0.29) is 0 Å². The van der Waals surface area contributed by atoms with Crippen molar-refractivity contribution in [3.63, 3.8) is 0 Å². The van der Waals surface area contributed by atoms with Gasteiger partial charge in [-0.05, 0) is 48.2 Å². The van der Waals surface area contributed by atoms with Crippen molar-refractivity contribution in [3.05, 3.63) is 59.6 Å². The summed E-state index contributed by atoms with van der Waals surface area (Å²) < 4.78 is 5.61. The Hall–Kier alpha value is -1.78. The van der Waals surface area contributed by atoms with E-state index in [1.807, 2.05) is 42.5 Å². The van der Waals surface area contributed by atoms with Crippen LogP contribution in [0.15, 0.2) is 69.1 Å². The number of nitrogens with zero attached hydrogens (tertiary/aromatic N) is 2. The molecular formula is C14H9ClN2OS. The number of hydrogen-bond donors (Lipinski definition) is 0. The van der Waals surface area contributed by atoms with Gasteiger partial charge in [-0.25, -0.2) is 0 Å². The van der Waals surface area contributed by atoms with E-state index >= 15 is 0 Å². The van der Waals surface area contributed by atoms with E-state index in [9.17, 15) is 0 Å². The second kappa shape index (κ2) is 5.47. The Morgan fingerprint density at radius 3 is 2.37 bits per heavy atom. The van der Waals surface area contributed by atoms with Gasteiger partial charge in [0.1, 0.15) is 0 Å². The maximum Gasteiger partial charge on any atom is 0.281 e. The molecule has 5 heteroatoms. The highest BCUT2D eigenvalue weighted by atomic mass is 35.5. The van der Waals surface area contributed by atoms with Gasteiger partial charge in [0.25, 0.3) is 5.22 Å². The molecule has 0 aliphatic rings. The van der Waals surface area contributed by atoms with Crippen LogP contribution in [-0.2, 0) is 0 Å². The summed E-state index contributed by atoms with van der Waals surface area (Å²) in [6.07, 6.45) is 0. The normalized spacial score (nSPS) is 10.6. The molecule has 3 nitrogen and oxygen atoms in total. The van der Waals surface area contributed by atoms with Gasteiger partial charge >= 0.3 is 0 Å². The first-order chi connectivity index (χ1) is 9.31. The number of rotatable bonds is 3. The van der Waals surface area contributed by atoms with Crippen molar-refractivity contribution in [2.75, 3.05) is 0 Å². The average molecular weight is 289 g/mol. The predicted molar refractivity (Wildman–Crippen MR) is 75.3 cm³/mol. The summed E-state index contributed by atoms with van der Waals surface area (Å²) >= 11 is 7.28. The SMILES string of the molecule is Clc1ccc(-c2nnc(Sc3ccccc3)o2)cc1. The predicted octanol–water partition coefficient (Wildman–Crippen LogP) is 4.54. The maximum absolute atomic E-state index is 5.84. The molecule has 94 valence electrons. The van der Waals surface area contributed by atoms with Gasteiger partial charge in [0, 0.05) is 15.5 Å². The molecule has 0 saturated carbocycles. The molecule has 1 heterocycles. The van der Waals surface area contributed by atoms with Gasteiger partial charge in [-0.3, -0.25) is 0 Å². The lowest BCUT2D eigenvalue weighted by Gasteiger charge is -1.95. The van der Waals surface area contributed by atoms with Gasteiger partial charge < -0.3 is 4.42 Å². The zero-order valence-corrected chi connectivity index (χ0v) is 11.4. The van der Waals surface area contributed by atoms with Crippen LogP contribution >= 0.6 is 23.4 Å². The van der Waals surface area contributed by atoms with Gasteiger partial charge in [0.15, 0.2) is 0 Å². The Bertz CT molecular complexity index is 667. The molecule has 0 aliphatic carbocycles. The largest absolute Gasteiger partial charge is 0.411 e. The molecular weight excluding hydrogens is 280 g/mol. The molecule has 0 amide bonds. The number of aromatic nitrogens is 2. The van der Waals surface area contributed by atoms with Crippen LogP contribution in [0.5, 0.6) is 0 Å². The first kappa shape index (κ1) is 12.3. The van der Waals surface area contributed by atoms with Crippen LogP contribution in [0.3, 0.4) is 0 Å². The van der Waals surface area contributed by atoms with E-state index in [4.69, 9.17) is 16.0 Å². The van der Waals surface area contributed by atoms with Gasteiger partial charge in [-0.1, -0.05) is 29.8 Å². The molecule has 19 heavy (non-hydrogen) atoms. The van der Waals surface area contributed by atoms with Crippen molar-refractivity contribution in [1.29, 1.82) is 0 Å². The zero-order chi connectivity index (χ0) is 13.1. The number of hydrogen-bond acceptors (Lipinski definition) is 4. The Kier molecular flexibility index (Phi) is 3.53. The van der Waals surface area contributed by atoms with Gasteiger partial charge in [-0.2, -0.15) is 0 Å². The van der Waals surface area contributed by atoms with E-state index in [1.165, 1.54) is 11.8 Å². The Balaban J connectivity index is 1.82. The summed E-state index contributed by atoms with van der Waals surface area (Å²) in [7, 11) is 0. The van der Waals surface area contributed by atoms with E-state index < -0.39 is 0 Å². The Labute approximate surface area is 119 Å². The fourth-order valence-corrected chi connectivity index (χ4v) is 2.37. The standard InChI is InChI=1S/C14H9ClN2OS/c15-11-8-6-10(7-9-11)13-16-17-14(18-13)19-12-4-2-1-3-5-12/h1-9H. The molecule has 0 spiro atoms. The van der Waals surface area contributed by atoms with E-state index in [2.05, 4.69) is 10.2 Å². The minimum absolute atomic E-state index is 0.495. The van der Waals surface area contributed by atoms with Crippen LogP contribution in [0.2, 0.25) is 5.02 Å². The fourth-order valence-electron chi connectivity index (χ4n) is 1.55. The van der Waals surface area contributed by atoms with E-state index in [0.29, 0.717) is 16.1 Å². The minimum atomic E-state index is 0.495. The summed E-state index contributed by atoms with van der Waals surface area (Å²) in [6.45, 7) is 0. The second-order valence-electron chi connectivity index (χ2n) is 3.80. The molecule has 0 atom stereocenters. The first-order valence-electron chi connectivity index (χ1n) is 5.63. The molecule has 0 aliphatic heterocycles. The molecule has 0 fully saturated rings. The zero-order valence-electron chi connectivity index (χ0n) is 9.79. The van der Waals surface area contributed by atoms with Crippen molar-refractivity contribution in [2.24, 2.45) is 0 Å². The third-order valence-corrected chi connectivity index (χ3v) is 3.55. The van der Waals surface area contributed by atoms with Crippen LogP contribution in [-0.4, -0.2) is 10.2 Å². The van der Waals surface area contributed by atoms with E-state index in [0.717, 1.165) is 10.5 Å². The van der Waals surface area contributed by atoms with Crippen LogP contribution in [0.1, 0.15) is 0 Å². The molecule has 1 aromatic heterocycles. The van der Waals surface area contributed by atoms with Gasteiger partial charge in [-0.15, -0.1) is 10.2 Å². The van der Waals surface area contributed by atoms with Crippen molar-refractivity contribution >= 4 is 23.4 Å². The fraction of sp³-hybridized carbons (Fsp3) is 0. The maximum atomic E-state index is 5.84. The smallest absolute Gasteiger partial charge is 0.281 e. The lowest BCUT2D eigenvalue weighted by molar-refractivity contribution is 0.466. The second-order valence-corrected chi connectivity index (χ2v) is 5.26. The quantitative estimate of drug-likeness (QED) is 0.709. The van der Waals surface area contributed by atoms with Crippen molar-refractivity contribution in [2.45, 2.75) is 10.1 Å². The minimum Gasteiger partial charge on any atom is -0.411 e. The highest BCUT2D eigenvalue weighted by molar-refractivity contribution is 7.99. The third-order valence-electron chi connectivity index (χ3n) is 2.45. The molecule has 3 aromatic rings. The third kappa shape index (κ3) is 2.97. The molecule has 0 bridgehead atoms. The highest BCUT2D eigenvalue weighted by Gasteiger charge is 2.09. The average Bonchev–Trinajstić information content (AvgIpc) is 2.89. The molecule has 0 unspecified atom stereocenters. The summed E-state index contributed by atoms with van der Waals surface area (Å²) in [5, 5.41) is 9.26. The Morgan fingerprint density at radius 1 is 0.895 bits per heavy atom. The highest BCUT2D eigenvalue weighted by Crippen LogP contribution is 2.29. The van der Waals surface area contributed by atoms with Crippen molar-refractivity contribution in [1.82, 2.24) is 10.2 Å². The summed E-state index contributed by atoms with van der Waals surface area (Å²) in [6, 6.07) is 17.2. The molecule has 0 saturated heterocycles. The van der Waals surface area contributed by atoms with Crippen molar-refractivity contribution < 1.29 is 4.42 Å². The monoisotopic (exact) mass is 288 g/mol. The van der Waals surface area contributed by atoms with Gasteiger partial charge in [0.2, 0.25) is 5.89 Å². The van der Waals surface area contributed by atoms with Gasteiger partial charge in [0.05, 0.1) is 0 Å². The molecule has 0 N–H and O–H groups in total. The summed E-state index contributed by atoms with van der Waals surface area (Å²) in [4.78, 5) is 1.06. The summed E-state index contributed by atoms with van der Waals surface area (Å²) in [5.74, 6) is 0.495. The lowest BCUT2D eigenvalue weighted by Crippen LogP contribution is -1.76. The lowest BCUT2D eigenvalue weighted by atomic mass is 10.2. The van der Waals surface area contributed by atoms with Crippen LogP contribution in [0.25, 0.3) is 11.5 Å². The van der Waals surface area contributed by atoms with Crippen LogP contribution in [0, 0.1) is 0 Å². The van der Waals surface area contributed by atoms with E-state index in [1.54, 1.807) is 12.1 Å². The number of halogens is 1. The molecule has 3 rings (SSSR count). The summed E-state index contributed by atoms with van der Waals surface area (Å²) in [5.41, 5.74) is 0.858. The van der Waals surface area contributed by atoms with Crippen LogP contribution in [0.4, 0.5) is 0 Å². The van der Waals surface area contributed by atoms with Crippen LogP contribution < -0.4 is 0 Å². The number of benzene rings is 2. The van der Waals surface area contributed by atoms with Crippen molar-refractivity contribution in [3.8, 4) is 11.5 Å². The molecule has 2 aromatic carbocycles. The first-order valence-corrected chi connectivity index (χ1v) is 6.83. The topological polar surface area (TPSA) is 38.9 Å².